The van der Waals surface area contributed by atoms with Crippen molar-refractivity contribution in [3.63, 3.8) is 0 Å². The van der Waals surface area contributed by atoms with Crippen molar-refractivity contribution < 1.29 is 9.84 Å². The Balaban J connectivity index is 2.07. The number of aromatic nitrogens is 2. The van der Waals surface area contributed by atoms with Crippen LogP contribution in [0.5, 0.6) is 0 Å². The van der Waals surface area contributed by atoms with Crippen molar-refractivity contribution in [2.45, 2.75) is 19.1 Å². The molecular weight excluding hydrogens is 230 g/mol. The Kier molecular flexibility index (Phi) is 3.58. The lowest BCUT2D eigenvalue weighted by atomic mass is 10.3. The summed E-state index contributed by atoms with van der Waals surface area (Å²) in [5, 5.41) is 10.2. The molecule has 1 fully saturated rings. The molecule has 1 aromatic rings. The fourth-order valence-corrected chi connectivity index (χ4v) is 1.96. The van der Waals surface area contributed by atoms with Gasteiger partial charge in [-0.25, -0.2) is 9.97 Å². The number of rotatable bonds is 3. The van der Waals surface area contributed by atoms with Gasteiger partial charge in [0.2, 0.25) is 0 Å². The van der Waals surface area contributed by atoms with E-state index in [1.54, 1.807) is 6.07 Å². The molecule has 88 valence electrons. The molecule has 2 rings (SSSR count). The van der Waals surface area contributed by atoms with Gasteiger partial charge in [0.1, 0.15) is 23.4 Å². The van der Waals surface area contributed by atoms with Gasteiger partial charge in [-0.05, 0) is 6.92 Å². The van der Waals surface area contributed by atoms with E-state index in [1.165, 1.54) is 6.33 Å². The van der Waals surface area contributed by atoms with E-state index in [9.17, 15) is 5.11 Å². The summed E-state index contributed by atoms with van der Waals surface area (Å²) in [6, 6.07) is 1.68. The Morgan fingerprint density at radius 1 is 1.56 bits per heavy atom. The molecular formula is C10H14ClN3O2. The van der Waals surface area contributed by atoms with Crippen molar-refractivity contribution in [3.8, 4) is 0 Å². The van der Waals surface area contributed by atoms with E-state index in [0.717, 1.165) is 5.82 Å². The first-order valence-corrected chi connectivity index (χ1v) is 5.60. The summed E-state index contributed by atoms with van der Waals surface area (Å²) in [5.41, 5.74) is 0. The van der Waals surface area contributed by atoms with Gasteiger partial charge in [-0.1, -0.05) is 11.6 Å². The fraction of sp³-hybridized carbons (Fsp3) is 0.600. The van der Waals surface area contributed by atoms with Gasteiger partial charge in [0.05, 0.1) is 6.10 Å². The van der Waals surface area contributed by atoms with E-state index in [4.69, 9.17) is 16.3 Å². The minimum Gasteiger partial charge on any atom is -0.388 e. The van der Waals surface area contributed by atoms with Crippen LogP contribution in [0.1, 0.15) is 6.92 Å². The molecule has 5 nitrogen and oxygen atoms in total. The highest BCUT2D eigenvalue weighted by Gasteiger charge is 2.32. The highest BCUT2D eigenvalue weighted by atomic mass is 35.5. The third kappa shape index (κ3) is 2.42. The molecule has 2 heterocycles. The van der Waals surface area contributed by atoms with E-state index in [2.05, 4.69) is 9.97 Å². The van der Waals surface area contributed by atoms with Crippen LogP contribution >= 0.6 is 11.6 Å². The van der Waals surface area contributed by atoms with E-state index >= 15 is 0 Å². The minimum absolute atomic E-state index is 0.154. The number of ether oxygens (including phenoxy) is 1. The number of halogens is 1. The number of aliphatic hydroxyl groups is 1. The van der Waals surface area contributed by atoms with Gasteiger partial charge < -0.3 is 14.7 Å². The lowest BCUT2D eigenvalue weighted by Crippen LogP contribution is -2.26. The van der Waals surface area contributed by atoms with Crippen molar-refractivity contribution in [1.29, 1.82) is 0 Å². The molecule has 1 aromatic heterocycles. The second-order valence-electron chi connectivity index (χ2n) is 3.67. The standard InChI is InChI=1S/C10H14ClN3O2/c1-2-16-8-5-14(4-7(8)15)10-3-9(11)12-6-13-10/h3,6-8,15H,2,4-5H2,1H3/t7-,8+/m1/s1. The molecule has 0 aliphatic carbocycles. The maximum Gasteiger partial charge on any atom is 0.134 e. The first-order valence-electron chi connectivity index (χ1n) is 5.23. The largest absolute Gasteiger partial charge is 0.388 e. The predicted molar refractivity (Wildman–Crippen MR) is 60.7 cm³/mol. The third-order valence-corrected chi connectivity index (χ3v) is 2.77. The molecule has 1 saturated heterocycles. The monoisotopic (exact) mass is 243 g/mol. The van der Waals surface area contributed by atoms with Crippen molar-refractivity contribution in [2.24, 2.45) is 0 Å². The van der Waals surface area contributed by atoms with Crippen LogP contribution in [0.3, 0.4) is 0 Å². The number of aliphatic hydroxyl groups excluding tert-OH is 1. The van der Waals surface area contributed by atoms with E-state index < -0.39 is 6.10 Å². The average Bonchev–Trinajstić information content (AvgIpc) is 2.61. The molecule has 1 aliphatic heterocycles. The summed E-state index contributed by atoms with van der Waals surface area (Å²) in [7, 11) is 0. The highest BCUT2D eigenvalue weighted by molar-refractivity contribution is 6.29. The summed E-state index contributed by atoms with van der Waals surface area (Å²) in [6.45, 7) is 3.65. The first kappa shape index (κ1) is 11.6. The lowest BCUT2D eigenvalue weighted by molar-refractivity contribution is -0.00189. The molecule has 16 heavy (non-hydrogen) atoms. The zero-order valence-corrected chi connectivity index (χ0v) is 9.76. The number of nitrogens with zero attached hydrogens (tertiary/aromatic N) is 3. The second-order valence-corrected chi connectivity index (χ2v) is 4.05. The lowest BCUT2D eigenvalue weighted by Gasteiger charge is -2.16. The predicted octanol–water partition coefficient (Wildman–Crippen LogP) is 0.716. The van der Waals surface area contributed by atoms with Crippen LogP contribution < -0.4 is 4.90 Å². The van der Waals surface area contributed by atoms with Gasteiger partial charge in [-0.15, -0.1) is 0 Å². The van der Waals surface area contributed by atoms with Crippen LogP contribution in [0, 0.1) is 0 Å². The van der Waals surface area contributed by atoms with Gasteiger partial charge >= 0.3 is 0 Å². The minimum atomic E-state index is -0.478. The SMILES string of the molecule is CCO[C@H]1CN(c2cc(Cl)ncn2)C[C@H]1O. The van der Waals surface area contributed by atoms with E-state index in [1.807, 2.05) is 11.8 Å². The average molecular weight is 244 g/mol. The number of anilines is 1. The number of hydrogen-bond donors (Lipinski definition) is 1. The quantitative estimate of drug-likeness (QED) is 0.793. The van der Waals surface area contributed by atoms with Crippen molar-refractivity contribution >= 4 is 17.4 Å². The van der Waals surface area contributed by atoms with Crippen molar-refractivity contribution in [2.75, 3.05) is 24.6 Å². The first-order chi connectivity index (χ1) is 7.70. The Labute approximate surface area is 99.0 Å². The van der Waals surface area contributed by atoms with E-state index in [-0.39, 0.29) is 6.10 Å². The summed E-state index contributed by atoms with van der Waals surface area (Å²) < 4.78 is 5.43. The second kappa shape index (κ2) is 4.95. The van der Waals surface area contributed by atoms with Gasteiger partial charge in [-0.2, -0.15) is 0 Å². The zero-order chi connectivity index (χ0) is 11.5. The topological polar surface area (TPSA) is 58.5 Å². The van der Waals surface area contributed by atoms with Crippen LogP contribution in [0.25, 0.3) is 0 Å². The molecule has 0 saturated carbocycles. The third-order valence-electron chi connectivity index (χ3n) is 2.56. The Bertz CT molecular complexity index is 364. The Hall–Kier alpha value is -0.910. The van der Waals surface area contributed by atoms with E-state index in [0.29, 0.717) is 24.8 Å². The van der Waals surface area contributed by atoms with Crippen LogP contribution in [-0.4, -0.2) is 47.0 Å². The molecule has 1 aliphatic rings. The fourth-order valence-electron chi connectivity index (χ4n) is 1.82. The maximum atomic E-state index is 9.78. The van der Waals surface area contributed by atoms with Crippen LogP contribution in [0.4, 0.5) is 5.82 Å². The molecule has 0 bridgehead atoms. The summed E-state index contributed by atoms with van der Waals surface area (Å²) in [6.07, 6.45) is 0.783. The van der Waals surface area contributed by atoms with Gasteiger partial charge in [0, 0.05) is 25.8 Å². The molecule has 0 aromatic carbocycles. The molecule has 6 heteroatoms. The highest BCUT2D eigenvalue weighted by Crippen LogP contribution is 2.21. The molecule has 0 unspecified atom stereocenters. The number of β-amino-alcohol motifs (C(OH)–C–C–N with tert-alkyl or cyclic N) is 1. The molecule has 2 atom stereocenters. The van der Waals surface area contributed by atoms with Crippen molar-refractivity contribution in [1.82, 2.24) is 9.97 Å². The Morgan fingerprint density at radius 2 is 2.38 bits per heavy atom. The van der Waals surface area contributed by atoms with Crippen LogP contribution in [0.15, 0.2) is 12.4 Å². The van der Waals surface area contributed by atoms with Gasteiger partial charge in [0.15, 0.2) is 0 Å². The molecule has 0 radical (unpaired) electrons. The molecule has 0 spiro atoms. The van der Waals surface area contributed by atoms with Gasteiger partial charge in [-0.3, -0.25) is 0 Å². The maximum absolute atomic E-state index is 9.78. The summed E-state index contributed by atoms with van der Waals surface area (Å²) in [4.78, 5) is 9.88. The number of hydrogen-bond acceptors (Lipinski definition) is 5. The van der Waals surface area contributed by atoms with Gasteiger partial charge in [0.25, 0.3) is 0 Å². The normalized spacial score (nSPS) is 25.1. The van der Waals surface area contributed by atoms with Crippen LogP contribution in [-0.2, 0) is 4.74 Å². The summed E-state index contributed by atoms with van der Waals surface area (Å²) in [5.74, 6) is 0.723. The molecule has 1 N–H and O–H groups in total. The Morgan fingerprint density at radius 3 is 3.06 bits per heavy atom. The summed E-state index contributed by atoms with van der Waals surface area (Å²) >= 11 is 5.79. The smallest absolute Gasteiger partial charge is 0.134 e. The van der Waals surface area contributed by atoms with Crippen molar-refractivity contribution in [3.05, 3.63) is 17.5 Å². The van der Waals surface area contributed by atoms with Crippen LogP contribution in [0.2, 0.25) is 5.15 Å². The zero-order valence-electron chi connectivity index (χ0n) is 9.01. The molecule has 0 amide bonds.